The molecule has 1 aromatic carbocycles. The molecule has 3 atom stereocenters. The molecule has 0 spiro atoms. The van der Waals surface area contributed by atoms with Gasteiger partial charge in [-0.05, 0) is 48.4 Å². The highest BCUT2D eigenvalue weighted by Crippen LogP contribution is 2.56. The van der Waals surface area contributed by atoms with E-state index in [0.717, 1.165) is 23.2 Å². The summed E-state index contributed by atoms with van der Waals surface area (Å²) in [5.41, 5.74) is 5.09. The van der Waals surface area contributed by atoms with Crippen LogP contribution >= 0.6 is 0 Å². The Balaban J connectivity index is 1.27. The molecule has 0 N–H and O–H groups in total. The highest BCUT2D eigenvalue weighted by atomic mass is 19.4. The van der Waals surface area contributed by atoms with Crippen molar-refractivity contribution in [3.63, 3.8) is 0 Å². The summed E-state index contributed by atoms with van der Waals surface area (Å²) < 4.78 is 54.8. The minimum absolute atomic E-state index is 0.0360. The van der Waals surface area contributed by atoms with Crippen molar-refractivity contribution in [1.82, 2.24) is 34.1 Å². The van der Waals surface area contributed by atoms with Gasteiger partial charge in [-0.2, -0.15) is 23.3 Å². The SMILES string of the molecule is COc1ncc(-c2cc(C3C[C@@H]3c3ccc4nc5n(c4c3)C(C(F)(F)F)CC5)c3nccn3n2)c(OC)n1. The molecule has 2 unspecified atom stereocenters. The molecule has 5 heterocycles. The van der Waals surface area contributed by atoms with Crippen LogP contribution in [-0.4, -0.2) is 54.5 Å². The van der Waals surface area contributed by atoms with Crippen LogP contribution < -0.4 is 9.47 Å². The summed E-state index contributed by atoms with van der Waals surface area (Å²) in [7, 11) is 3.00. The zero-order chi connectivity index (χ0) is 26.2. The second kappa shape index (κ2) is 8.14. The Morgan fingerprint density at radius 2 is 1.89 bits per heavy atom. The summed E-state index contributed by atoms with van der Waals surface area (Å²) in [6.07, 6.45) is 1.98. The minimum Gasteiger partial charge on any atom is -0.480 e. The number of methoxy groups -OCH3 is 2. The highest BCUT2D eigenvalue weighted by molar-refractivity contribution is 5.78. The van der Waals surface area contributed by atoms with E-state index in [1.54, 1.807) is 23.1 Å². The summed E-state index contributed by atoms with van der Waals surface area (Å²) in [5, 5.41) is 4.68. The summed E-state index contributed by atoms with van der Waals surface area (Å²) in [4.78, 5) is 17.5. The molecule has 4 aromatic heterocycles. The maximum absolute atomic E-state index is 13.7. The lowest BCUT2D eigenvalue weighted by Gasteiger charge is -2.18. The van der Waals surface area contributed by atoms with Gasteiger partial charge in [-0.15, -0.1) is 0 Å². The Morgan fingerprint density at radius 1 is 1.03 bits per heavy atom. The molecule has 2 aliphatic rings. The van der Waals surface area contributed by atoms with E-state index in [4.69, 9.17) is 9.47 Å². The number of aromatic nitrogens is 7. The van der Waals surface area contributed by atoms with Crippen molar-refractivity contribution in [2.75, 3.05) is 14.2 Å². The first-order chi connectivity index (χ1) is 18.4. The van der Waals surface area contributed by atoms with Crippen LogP contribution in [0, 0.1) is 0 Å². The van der Waals surface area contributed by atoms with Crippen molar-refractivity contribution in [2.45, 2.75) is 43.3 Å². The van der Waals surface area contributed by atoms with E-state index in [9.17, 15) is 13.2 Å². The van der Waals surface area contributed by atoms with Crippen LogP contribution in [0.3, 0.4) is 0 Å². The number of rotatable bonds is 5. The maximum atomic E-state index is 13.7. The third-order valence-electron chi connectivity index (χ3n) is 7.51. The Hall–Kier alpha value is -4.22. The number of aryl methyl sites for hydroxylation is 1. The van der Waals surface area contributed by atoms with Crippen molar-refractivity contribution in [3.05, 3.63) is 59.8 Å². The third-order valence-corrected chi connectivity index (χ3v) is 7.51. The average Bonchev–Trinajstić information content (AvgIpc) is 3.21. The van der Waals surface area contributed by atoms with Crippen molar-refractivity contribution in [2.24, 2.45) is 0 Å². The first kappa shape index (κ1) is 22.9. The molecule has 194 valence electrons. The normalized spacial score (nSPS) is 20.7. The molecule has 9 nitrogen and oxygen atoms in total. The lowest BCUT2D eigenvalue weighted by atomic mass is 10.0. The molecule has 0 bridgehead atoms. The molecule has 12 heteroatoms. The van der Waals surface area contributed by atoms with Gasteiger partial charge in [0.25, 0.3) is 0 Å². The largest absolute Gasteiger partial charge is 0.480 e. The molecule has 0 radical (unpaired) electrons. The summed E-state index contributed by atoms with van der Waals surface area (Å²) >= 11 is 0. The Morgan fingerprint density at radius 3 is 2.68 bits per heavy atom. The van der Waals surface area contributed by atoms with E-state index in [0.29, 0.717) is 40.4 Å². The number of nitrogens with zero attached hydrogens (tertiary/aromatic N) is 7. The molecule has 38 heavy (non-hydrogen) atoms. The molecule has 0 amide bonds. The van der Waals surface area contributed by atoms with Gasteiger partial charge in [-0.3, -0.25) is 0 Å². The molecule has 1 aliphatic heterocycles. The Bertz CT molecular complexity index is 1710. The summed E-state index contributed by atoms with van der Waals surface area (Å²) in [6.45, 7) is 0. The Kier molecular flexibility index (Phi) is 4.91. The number of hydrogen-bond acceptors (Lipinski definition) is 7. The highest BCUT2D eigenvalue weighted by Gasteiger charge is 2.46. The van der Waals surface area contributed by atoms with Crippen molar-refractivity contribution in [1.29, 1.82) is 0 Å². The second-order valence-electron chi connectivity index (χ2n) is 9.65. The Labute approximate surface area is 214 Å². The third kappa shape index (κ3) is 3.50. The van der Waals surface area contributed by atoms with Gasteiger partial charge < -0.3 is 14.0 Å². The fraction of sp³-hybridized carbons (Fsp3) is 0.346. The lowest BCUT2D eigenvalue weighted by Crippen LogP contribution is -2.23. The molecular formula is C26H22F3N7O2. The topological polar surface area (TPSA) is 92.3 Å². The summed E-state index contributed by atoms with van der Waals surface area (Å²) in [6, 6.07) is 6.32. The van der Waals surface area contributed by atoms with Gasteiger partial charge in [0, 0.05) is 30.6 Å². The number of hydrogen-bond donors (Lipinski definition) is 0. The number of ether oxygens (including phenoxy) is 2. The van der Waals surface area contributed by atoms with Crippen LogP contribution in [0.25, 0.3) is 27.9 Å². The van der Waals surface area contributed by atoms with Gasteiger partial charge >= 0.3 is 12.2 Å². The van der Waals surface area contributed by atoms with Gasteiger partial charge in [0.2, 0.25) is 5.88 Å². The van der Waals surface area contributed by atoms with Crippen molar-refractivity contribution in [3.8, 4) is 23.1 Å². The van der Waals surface area contributed by atoms with E-state index < -0.39 is 12.2 Å². The zero-order valence-corrected chi connectivity index (χ0v) is 20.5. The van der Waals surface area contributed by atoms with Crippen LogP contribution in [0.1, 0.15) is 47.7 Å². The maximum Gasteiger partial charge on any atom is 0.409 e. The number of benzene rings is 1. The zero-order valence-electron chi connectivity index (χ0n) is 20.5. The predicted octanol–water partition coefficient (Wildman–Crippen LogP) is 4.87. The van der Waals surface area contributed by atoms with Crippen LogP contribution in [0.15, 0.2) is 42.9 Å². The smallest absolute Gasteiger partial charge is 0.409 e. The van der Waals surface area contributed by atoms with E-state index >= 15 is 0 Å². The first-order valence-electron chi connectivity index (χ1n) is 12.2. The average molecular weight is 522 g/mol. The standard InChI is InChI=1S/C26H22F3N7O2/c1-37-24-17(12-31-25(33-24)38-2)19-11-16(23-30-7-8-35(23)34-19)15-10-14(15)13-3-4-18-20(9-13)36-21(26(27,28)29)5-6-22(36)32-18/h3-4,7-9,11-12,14-15,21H,5-6,10H2,1-2H3/t14-,15?,21?/m1/s1. The minimum atomic E-state index is -4.30. The van der Waals surface area contributed by atoms with Crippen LogP contribution in [0.2, 0.25) is 0 Å². The molecule has 0 saturated heterocycles. The quantitative estimate of drug-likeness (QED) is 0.326. The predicted molar refractivity (Wildman–Crippen MR) is 130 cm³/mol. The molecule has 5 aromatic rings. The van der Waals surface area contributed by atoms with Crippen LogP contribution in [0.5, 0.6) is 11.9 Å². The molecule has 1 fully saturated rings. The van der Waals surface area contributed by atoms with Crippen LogP contribution in [0.4, 0.5) is 13.2 Å². The monoisotopic (exact) mass is 521 g/mol. The van der Waals surface area contributed by atoms with Gasteiger partial charge in [-0.25, -0.2) is 19.5 Å². The fourth-order valence-electron chi connectivity index (χ4n) is 5.65. The fourth-order valence-corrected chi connectivity index (χ4v) is 5.65. The van der Waals surface area contributed by atoms with Gasteiger partial charge in [-0.1, -0.05) is 6.07 Å². The number of fused-ring (bicyclic) bond motifs is 4. The molecule has 7 rings (SSSR count). The van der Waals surface area contributed by atoms with Crippen LogP contribution in [-0.2, 0) is 6.42 Å². The van der Waals surface area contributed by atoms with E-state index in [1.165, 1.54) is 18.8 Å². The van der Waals surface area contributed by atoms with E-state index in [1.807, 2.05) is 24.3 Å². The van der Waals surface area contributed by atoms with Crippen molar-refractivity contribution < 1.29 is 22.6 Å². The second-order valence-corrected chi connectivity index (χ2v) is 9.65. The molecular weight excluding hydrogens is 499 g/mol. The number of imidazole rings is 2. The first-order valence-corrected chi connectivity index (χ1v) is 12.2. The number of halogens is 3. The van der Waals surface area contributed by atoms with E-state index in [2.05, 4.69) is 25.0 Å². The lowest BCUT2D eigenvalue weighted by molar-refractivity contribution is -0.164. The number of alkyl halides is 3. The van der Waals surface area contributed by atoms with Gasteiger partial charge in [0.15, 0.2) is 5.65 Å². The van der Waals surface area contributed by atoms with Gasteiger partial charge in [0.05, 0.1) is 36.5 Å². The summed E-state index contributed by atoms with van der Waals surface area (Å²) in [5.74, 6) is 1.10. The van der Waals surface area contributed by atoms with Crippen molar-refractivity contribution >= 4 is 16.7 Å². The molecule has 1 aliphatic carbocycles. The van der Waals surface area contributed by atoms with Gasteiger partial charge in [0.1, 0.15) is 11.9 Å². The molecule has 1 saturated carbocycles. The van der Waals surface area contributed by atoms with E-state index in [-0.39, 0.29) is 24.3 Å².